The van der Waals surface area contributed by atoms with Crippen molar-refractivity contribution in [2.24, 2.45) is 0 Å². The maximum Gasteiger partial charge on any atom is 0.226 e. The summed E-state index contributed by atoms with van der Waals surface area (Å²) in [5.41, 5.74) is 2.50. The van der Waals surface area contributed by atoms with Gasteiger partial charge in [0.1, 0.15) is 11.8 Å². The zero-order chi connectivity index (χ0) is 17.7. The van der Waals surface area contributed by atoms with E-state index in [-0.39, 0.29) is 17.6 Å². The lowest BCUT2D eigenvalue weighted by molar-refractivity contribution is -0.116. The molecule has 0 amide bonds. The summed E-state index contributed by atoms with van der Waals surface area (Å²) in [7, 11) is 0. The summed E-state index contributed by atoms with van der Waals surface area (Å²) in [5, 5.41) is 19.8. The standard InChI is InChI=1S/C19H16N4O2S/c24-12-5-1-4-11(10-12)18-21-19-20-13-6-2-7-14(25)16(13)17(23(19)22-18)15-8-3-9-26-15/h1,3-5,8-10,17,24H,2,6-7H2,(H,20,21,22). The predicted molar refractivity (Wildman–Crippen MR) is 99.1 cm³/mol. The van der Waals surface area contributed by atoms with Gasteiger partial charge in [-0.15, -0.1) is 16.4 Å². The van der Waals surface area contributed by atoms with Crippen LogP contribution in [0.25, 0.3) is 11.4 Å². The number of carbonyl (C=O) groups excluding carboxylic acids is 1. The van der Waals surface area contributed by atoms with Gasteiger partial charge in [-0.3, -0.25) is 4.79 Å². The number of thiophene rings is 1. The van der Waals surface area contributed by atoms with Crippen molar-refractivity contribution in [2.75, 3.05) is 5.32 Å². The number of aromatic hydroxyl groups is 1. The highest BCUT2D eigenvalue weighted by atomic mass is 32.1. The summed E-state index contributed by atoms with van der Waals surface area (Å²) in [6, 6.07) is 10.7. The van der Waals surface area contributed by atoms with Crippen molar-refractivity contribution in [3.63, 3.8) is 0 Å². The molecule has 26 heavy (non-hydrogen) atoms. The second-order valence-corrected chi connectivity index (χ2v) is 7.45. The number of hydrogen-bond donors (Lipinski definition) is 2. The molecule has 3 heterocycles. The first-order valence-corrected chi connectivity index (χ1v) is 9.41. The van der Waals surface area contributed by atoms with E-state index in [0.29, 0.717) is 18.2 Å². The minimum absolute atomic E-state index is 0.172. The lowest BCUT2D eigenvalue weighted by atomic mass is 9.88. The molecule has 5 rings (SSSR count). The number of allylic oxidation sites excluding steroid dienone is 2. The zero-order valence-corrected chi connectivity index (χ0v) is 14.7. The molecule has 0 spiro atoms. The Kier molecular flexibility index (Phi) is 3.43. The topological polar surface area (TPSA) is 80.0 Å². The van der Waals surface area contributed by atoms with Crippen LogP contribution in [0.15, 0.2) is 53.0 Å². The van der Waals surface area contributed by atoms with E-state index < -0.39 is 0 Å². The number of anilines is 1. The van der Waals surface area contributed by atoms with Crippen LogP contribution in [0.5, 0.6) is 5.75 Å². The van der Waals surface area contributed by atoms with Gasteiger partial charge in [0.2, 0.25) is 5.95 Å². The fourth-order valence-corrected chi connectivity index (χ4v) is 4.45. The van der Waals surface area contributed by atoms with Crippen LogP contribution in [0, 0.1) is 0 Å². The third-order valence-corrected chi connectivity index (χ3v) is 5.71. The number of Topliss-reactive ketones (excluding diaryl/α,β-unsaturated/α-hetero) is 1. The van der Waals surface area contributed by atoms with Crippen molar-refractivity contribution in [3.05, 3.63) is 57.9 Å². The van der Waals surface area contributed by atoms with E-state index in [1.807, 2.05) is 23.6 Å². The summed E-state index contributed by atoms with van der Waals surface area (Å²) < 4.78 is 1.80. The second-order valence-electron chi connectivity index (χ2n) is 6.47. The maximum absolute atomic E-state index is 12.7. The van der Waals surface area contributed by atoms with Gasteiger partial charge in [-0.1, -0.05) is 18.2 Å². The number of nitrogens with zero attached hydrogens (tertiary/aromatic N) is 3. The second kappa shape index (κ2) is 5.81. The molecule has 2 aliphatic rings. The summed E-state index contributed by atoms with van der Waals surface area (Å²) in [5.74, 6) is 1.51. The number of ketones is 1. The molecule has 2 N–H and O–H groups in total. The van der Waals surface area contributed by atoms with Gasteiger partial charge >= 0.3 is 0 Å². The van der Waals surface area contributed by atoms with E-state index in [1.165, 1.54) is 0 Å². The number of nitrogens with one attached hydrogen (secondary N) is 1. The lowest BCUT2D eigenvalue weighted by Gasteiger charge is -2.31. The van der Waals surface area contributed by atoms with Crippen molar-refractivity contribution in [1.29, 1.82) is 0 Å². The number of fused-ring (bicyclic) bond motifs is 1. The molecule has 0 bridgehead atoms. The van der Waals surface area contributed by atoms with Crippen LogP contribution in [0.4, 0.5) is 5.95 Å². The predicted octanol–water partition coefficient (Wildman–Crippen LogP) is 3.73. The van der Waals surface area contributed by atoms with Gasteiger partial charge in [-0.2, -0.15) is 4.98 Å². The number of rotatable bonds is 2. The molecule has 1 aliphatic carbocycles. The van der Waals surface area contributed by atoms with Gasteiger partial charge in [-0.05, 0) is 36.4 Å². The van der Waals surface area contributed by atoms with Crippen LogP contribution in [0.3, 0.4) is 0 Å². The van der Waals surface area contributed by atoms with Crippen LogP contribution in [-0.2, 0) is 4.79 Å². The van der Waals surface area contributed by atoms with E-state index in [2.05, 4.69) is 15.4 Å². The summed E-state index contributed by atoms with van der Waals surface area (Å²) >= 11 is 1.62. The monoisotopic (exact) mass is 364 g/mol. The van der Waals surface area contributed by atoms with Crippen LogP contribution in [-0.4, -0.2) is 25.7 Å². The number of hydrogen-bond acceptors (Lipinski definition) is 6. The number of carbonyl (C=O) groups is 1. The minimum atomic E-state index is -0.243. The molecule has 0 saturated carbocycles. The minimum Gasteiger partial charge on any atom is -0.508 e. The largest absolute Gasteiger partial charge is 0.508 e. The van der Waals surface area contributed by atoms with Crippen LogP contribution < -0.4 is 5.32 Å². The smallest absolute Gasteiger partial charge is 0.226 e. The van der Waals surface area contributed by atoms with Crippen molar-refractivity contribution in [2.45, 2.75) is 25.3 Å². The van der Waals surface area contributed by atoms with Crippen molar-refractivity contribution < 1.29 is 9.90 Å². The third-order valence-electron chi connectivity index (χ3n) is 4.79. The SMILES string of the molecule is O=C1CCCC2=C1C(c1cccs1)n1nc(-c3cccc(O)c3)nc1N2. The molecule has 1 atom stereocenters. The molecule has 3 aromatic rings. The number of benzene rings is 1. The highest BCUT2D eigenvalue weighted by molar-refractivity contribution is 7.10. The summed E-state index contributed by atoms with van der Waals surface area (Å²) in [6.07, 6.45) is 2.28. The molecule has 130 valence electrons. The molecule has 2 aromatic heterocycles. The first-order valence-electron chi connectivity index (χ1n) is 8.53. The normalized spacial score (nSPS) is 19.1. The average molecular weight is 364 g/mol. The lowest BCUT2D eigenvalue weighted by Crippen LogP contribution is -2.31. The third kappa shape index (κ3) is 2.35. The number of phenolic OH excluding ortho intramolecular Hbond substituents is 1. The van der Waals surface area contributed by atoms with E-state index in [0.717, 1.165) is 34.6 Å². The highest BCUT2D eigenvalue weighted by Crippen LogP contribution is 2.41. The van der Waals surface area contributed by atoms with Crippen molar-refractivity contribution in [3.8, 4) is 17.1 Å². The fourth-order valence-electron chi connectivity index (χ4n) is 3.63. The summed E-state index contributed by atoms with van der Waals surface area (Å²) in [6.45, 7) is 0. The van der Waals surface area contributed by atoms with E-state index in [4.69, 9.17) is 0 Å². The Labute approximate surface area is 153 Å². The van der Waals surface area contributed by atoms with Crippen LogP contribution >= 0.6 is 11.3 Å². The molecule has 0 fully saturated rings. The van der Waals surface area contributed by atoms with E-state index >= 15 is 0 Å². The first-order chi connectivity index (χ1) is 12.7. The van der Waals surface area contributed by atoms with Crippen molar-refractivity contribution in [1.82, 2.24) is 14.8 Å². The molecular weight excluding hydrogens is 348 g/mol. The van der Waals surface area contributed by atoms with Gasteiger partial charge < -0.3 is 10.4 Å². The average Bonchev–Trinajstić information content (AvgIpc) is 3.30. The molecule has 6 nitrogen and oxygen atoms in total. The Morgan fingerprint density at radius 1 is 1.23 bits per heavy atom. The van der Waals surface area contributed by atoms with Gasteiger partial charge in [0.15, 0.2) is 11.6 Å². The van der Waals surface area contributed by atoms with Crippen LogP contribution in [0.1, 0.15) is 30.2 Å². The number of phenols is 1. The highest BCUT2D eigenvalue weighted by Gasteiger charge is 2.37. The Bertz CT molecular complexity index is 1040. The van der Waals surface area contributed by atoms with E-state index in [9.17, 15) is 9.90 Å². The summed E-state index contributed by atoms with van der Waals surface area (Å²) in [4.78, 5) is 18.4. The Morgan fingerprint density at radius 3 is 2.96 bits per heavy atom. The van der Waals surface area contributed by atoms with E-state index in [1.54, 1.807) is 34.2 Å². The maximum atomic E-state index is 12.7. The quantitative estimate of drug-likeness (QED) is 0.724. The molecule has 1 aromatic carbocycles. The Balaban J connectivity index is 1.67. The molecule has 0 radical (unpaired) electrons. The van der Waals surface area contributed by atoms with Gasteiger partial charge in [0.05, 0.1) is 0 Å². The van der Waals surface area contributed by atoms with Gasteiger partial charge in [0.25, 0.3) is 0 Å². The Hall–Kier alpha value is -2.93. The molecule has 1 unspecified atom stereocenters. The van der Waals surface area contributed by atoms with Crippen LogP contribution in [0.2, 0.25) is 0 Å². The van der Waals surface area contributed by atoms with Crippen molar-refractivity contribution >= 4 is 23.1 Å². The number of aromatic nitrogens is 3. The molecule has 7 heteroatoms. The molecule has 0 saturated heterocycles. The first kappa shape index (κ1) is 15.3. The molecule has 1 aliphatic heterocycles. The Morgan fingerprint density at radius 2 is 2.15 bits per heavy atom. The fraction of sp³-hybridized carbons (Fsp3) is 0.211. The molecular formula is C19H16N4O2S. The van der Waals surface area contributed by atoms with Gasteiger partial charge in [-0.25, -0.2) is 4.68 Å². The zero-order valence-electron chi connectivity index (χ0n) is 13.8. The van der Waals surface area contributed by atoms with Gasteiger partial charge in [0, 0.05) is 28.1 Å².